The van der Waals surface area contributed by atoms with Crippen molar-refractivity contribution in [1.29, 1.82) is 0 Å². The maximum absolute atomic E-state index is 5.99. The molecule has 0 bridgehead atoms. The van der Waals surface area contributed by atoms with E-state index in [2.05, 4.69) is 54.3 Å². The van der Waals surface area contributed by atoms with E-state index in [0.717, 1.165) is 36.3 Å². The van der Waals surface area contributed by atoms with Gasteiger partial charge in [0, 0.05) is 18.7 Å². The summed E-state index contributed by atoms with van der Waals surface area (Å²) >= 11 is 0. The topological polar surface area (TPSA) is 45.7 Å². The summed E-state index contributed by atoms with van der Waals surface area (Å²) in [4.78, 5) is 4.62. The van der Waals surface area contributed by atoms with Crippen LogP contribution in [0.4, 0.5) is 0 Å². The Bertz CT molecular complexity index is 521. The SMILES string of the molecule is C=CCNC(=NCc1ccc(C)cc1OCC1CC1)NCC. The number of nitrogens with zero attached hydrogens (tertiary/aromatic N) is 1. The zero-order valence-corrected chi connectivity index (χ0v) is 13.7. The molecule has 1 aromatic carbocycles. The molecule has 4 heteroatoms. The van der Waals surface area contributed by atoms with Crippen LogP contribution >= 0.6 is 0 Å². The number of hydrogen-bond donors (Lipinski definition) is 2. The highest BCUT2D eigenvalue weighted by molar-refractivity contribution is 5.79. The fourth-order valence-electron chi connectivity index (χ4n) is 2.09. The van der Waals surface area contributed by atoms with Gasteiger partial charge in [-0.05, 0) is 44.2 Å². The largest absolute Gasteiger partial charge is 0.493 e. The quantitative estimate of drug-likeness (QED) is 0.441. The maximum atomic E-state index is 5.99. The average Bonchev–Trinajstić information content (AvgIpc) is 3.33. The van der Waals surface area contributed by atoms with Crippen LogP contribution in [0.15, 0.2) is 35.8 Å². The number of aryl methyl sites for hydroxylation is 1. The first-order chi connectivity index (χ1) is 10.7. The van der Waals surface area contributed by atoms with Crippen molar-refractivity contribution in [2.45, 2.75) is 33.2 Å². The summed E-state index contributed by atoms with van der Waals surface area (Å²) in [5.74, 6) is 2.52. The minimum atomic E-state index is 0.604. The van der Waals surface area contributed by atoms with Crippen molar-refractivity contribution < 1.29 is 4.74 Å². The van der Waals surface area contributed by atoms with Gasteiger partial charge >= 0.3 is 0 Å². The molecular formula is C18H27N3O. The molecule has 2 rings (SSSR count). The van der Waals surface area contributed by atoms with E-state index in [1.54, 1.807) is 0 Å². The lowest BCUT2D eigenvalue weighted by Gasteiger charge is -2.13. The molecule has 120 valence electrons. The molecule has 0 unspecified atom stereocenters. The van der Waals surface area contributed by atoms with Gasteiger partial charge in [-0.15, -0.1) is 6.58 Å². The number of nitrogens with one attached hydrogen (secondary N) is 2. The number of aliphatic imine (C=N–C) groups is 1. The van der Waals surface area contributed by atoms with Gasteiger partial charge < -0.3 is 15.4 Å². The lowest BCUT2D eigenvalue weighted by molar-refractivity contribution is 0.296. The molecule has 1 aliphatic carbocycles. The van der Waals surface area contributed by atoms with Crippen LogP contribution in [0.25, 0.3) is 0 Å². The number of benzene rings is 1. The Kier molecular flexibility index (Phi) is 6.31. The molecule has 1 fully saturated rings. The molecule has 0 heterocycles. The van der Waals surface area contributed by atoms with Crippen molar-refractivity contribution in [3.05, 3.63) is 42.0 Å². The van der Waals surface area contributed by atoms with Gasteiger partial charge in [0.25, 0.3) is 0 Å². The van der Waals surface area contributed by atoms with Gasteiger partial charge in [0.2, 0.25) is 0 Å². The Hall–Kier alpha value is -1.97. The van der Waals surface area contributed by atoms with Crippen molar-refractivity contribution in [2.24, 2.45) is 10.9 Å². The fraction of sp³-hybridized carbons (Fsp3) is 0.500. The Morgan fingerprint density at radius 1 is 1.41 bits per heavy atom. The highest BCUT2D eigenvalue weighted by Crippen LogP contribution is 2.30. The zero-order chi connectivity index (χ0) is 15.8. The van der Waals surface area contributed by atoms with Gasteiger partial charge in [-0.25, -0.2) is 4.99 Å². The third kappa shape index (κ3) is 5.43. The first-order valence-corrected chi connectivity index (χ1v) is 8.08. The van der Waals surface area contributed by atoms with E-state index in [4.69, 9.17) is 4.74 Å². The molecule has 0 saturated heterocycles. The van der Waals surface area contributed by atoms with Crippen LogP contribution in [0.5, 0.6) is 5.75 Å². The van der Waals surface area contributed by atoms with Gasteiger partial charge in [-0.3, -0.25) is 0 Å². The summed E-state index contributed by atoms with van der Waals surface area (Å²) < 4.78 is 5.99. The number of rotatable bonds is 8. The van der Waals surface area contributed by atoms with Gasteiger partial charge in [-0.2, -0.15) is 0 Å². The molecule has 4 nitrogen and oxygen atoms in total. The van der Waals surface area contributed by atoms with E-state index in [9.17, 15) is 0 Å². The number of hydrogen-bond acceptors (Lipinski definition) is 2. The third-order valence-electron chi connectivity index (χ3n) is 3.56. The van der Waals surface area contributed by atoms with E-state index in [1.807, 2.05) is 6.08 Å². The van der Waals surface area contributed by atoms with E-state index >= 15 is 0 Å². The number of guanidine groups is 1. The summed E-state index contributed by atoms with van der Waals surface area (Å²) in [5, 5.41) is 6.44. The zero-order valence-electron chi connectivity index (χ0n) is 13.7. The Balaban J connectivity index is 2.03. The molecule has 1 aromatic rings. The normalized spacial score (nSPS) is 14.5. The van der Waals surface area contributed by atoms with Crippen molar-refractivity contribution in [3.63, 3.8) is 0 Å². The van der Waals surface area contributed by atoms with Crippen LogP contribution in [0.3, 0.4) is 0 Å². The second-order valence-electron chi connectivity index (χ2n) is 5.73. The van der Waals surface area contributed by atoms with Crippen molar-refractivity contribution in [3.8, 4) is 5.75 Å². The first kappa shape index (κ1) is 16.4. The Labute approximate surface area is 133 Å². The standard InChI is InChI=1S/C18H27N3O/c1-4-10-20-18(19-5-2)21-12-16-9-6-14(3)11-17(16)22-13-15-7-8-15/h4,6,9,11,15H,1,5,7-8,10,12-13H2,2-3H3,(H2,19,20,21). The summed E-state index contributed by atoms with van der Waals surface area (Å²) in [5.41, 5.74) is 2.34. The summed E-state index contributed by atoms with van der Waals surface area (Å²) in [6, 6.07) is 6.33. The van der Waals surface area contributed by atoms with Crippen LogP contribution in [-0.2, 0) is 6.54 Å². The molecule has 1 saturated carbocycles. The lowest BCUT2D eigenvalue weighted by Crippen LogP contribution is -2.37. The minimum absolute atomic E-state index is 0.604. The van der Waals surface area contributed by atoms with Crippen molar-refractivity contribution in [1.82, 2.24) is 10.6 Å². The second kappa shape index (κ2) is 8.47. The van der Waals surface area contributed by atoms with Crippen LogP contribution in [0.1, 0.15) is 30.9 Å². The van der Waals surface area contributed by atoms with E-state index < -0.39 is 0 Å². The van der Waals surface area contributed by atoms with Crippen molar-refractivity contribution >= 4 is 5.96 Å². The molecular weight excluding hydrogens is 274 g/mol. The van der Waals surface area contributed by atoms with E-state index in [-0.39, 0.29) is 0 Å². The predicted octanol–water partition coefficient (Wildman–Crippen LogP) is 3.02. The maximum Gasteiger partial charge on any atom is 0.191 e. The summed E-state index contributed by atoms with van der Waals surface area (Å²) in [6.45, 7) is 10.8. The van der Waals surface area contributed by atoms with Gasteiger partial charge in [0.05, 0.1) is 13.2 Å². The van der Waals surface area contributed by atoms with Crippen LogP contribution in [-0.4, -0.2) is 25.7 Å². The Morgan fingerprint density at radius 3 is 2.91 bits per heavy atom. The highest BCUT2D eigenvalue weighted by atomic mass is 16.5. The highest BCUT2D eigenvalue weighted by Gasteiger charge is 2.22. The molecule has 1 aliphatic rings. The fourth-order valence-corrected chi connectivity index (χ4v) is 2.09. The summed E-state index contributed by atoms with van der Waals surface area (Å²) in [7, 11) is 0. The molecule has 0 atom stereocenters. The van der Waals surface area contributed by atoms with Crippen LogP contribution < -0.4 is 15.4 Å². The van der Waals surface area contributed by atoms with Crippen LogP contribution in [0.2, 0.25) is 0 Å². The average molecular weight is 301 g/mol. The molecule has 2 N–H and O–H groups in total. The molecule has 0 aromatic heterocycles. The smallest absolute Gasteiger partial charge is 0.191 e. The van der Waals surface area contributed by atoms with Crippen LogP contribution in [0, 0.1) is 12.8 Å². The number of ether oxygens (including phenoxy) is 1. The second-order valence-corrected chi connectivity index (χ2v) is 5.73. The monoisotopic (exact) mass is 301 g/mol. The Morgan fingerprint density at radius 2 is 2.23 bits per heavy atom. The molecule has 0 radical (unpaired) electrons. The van der Waals surface area contributed by atoms with Gasteiger partial charge in [-0.1, -0.05) is 18.2 Å². The molecule has 22 heavy (non-hydrogen) atoms. The third-order valence-corrected chi connectivity index (χ3v) is 3.56. The van der Waals surface area contributed by atoms with Crippen molar-refractivity contribution in [2.75, 3.05) is 19.7 Å². The lowest BCUT2D eigenvalue weighted by atomic mass is 10.1. The molecule has 0 amide bonds. The summed E-state index contributed by atoms with van der Waals surface area (Å²) in [6.07, 6.45) is 4.42. The first-order valence-electron chi connectivity index (χ1n) is 8.08. The van der Waals surface area contributed by atoms with Gasteiger partial charge in [0.15, 0.2) is 5.96 Å². The predicted molar refractivity (Wildman–Crippen MR) is 92.4 cm³/mol. The van der Waals surface area contributed by atoms with E-state index in [0.29, 0.717) is 13.1 Å². The van der Waals surface area contributed by atoms with E-state index in [1.165, 1.54) is 18.4 Å². The molecule has 0 aliphatic heterocycles. The molecule has 0 spiro atoms. The minimum Gasteiger partial charge on any atom is -0.493 e. The van der Waals surface area contributed by atoms with Gasteiger partial charge in [0.1, 0.15) is 5.75 Å².